The lowest BCUT2D eigenvalue weighted by Gasteiger charge is -1.95. The van der Waals surface area contributed by atoms with Crippen molar-refractivity contribution in [2.75, 3.05) is 0 Å². The predicted molar refractivity (Wildman–Crippen MR) is 61.7 cm³/mol. The van der Waals surface area contributed by atoms with Gasteiger partial charge in [-0.1, -0.05) is 13.3 Å². The van der Waals surface area contributed by atoms with Crippen molar-refractivity contribution in [3.63, 3.8) is 0 Å². The Labute approximate surface area is 100 Å². The summed E-state index contributed by atoms with van der Waals surface area (Å²) in [6.07, 6.45) is 6.98. The van der Waals surface area contributed by atoms with E-state index in [4.69, 9.17) is 14.8 Å². The molecule has 0 amide bonds. The van der Waals surface area contributed by atoms with Crippen LogP contribution in [0.1, 0.15) is 29.7 Å². The first-order valence-corrected chi connectivity index (χ1v) is 4.91. The second-order valence-electron chi connectivity index (χ2n) is 3.09. The molecule has 0 aliphatic heterocycles. The molecule has 0 saturated carbocycles. The fraction of sp³-hybridized carbons (Fsp3) is 0.545. The lowest BCUT2D eigenvalue weighted by atomic mass is 10.3. The molecule has 0 atom stereocenters. The van der Waals surface area contributed by atoms with Crippen LogP contribution < -0.4 is 4.57 Å². The van der Waals surface area contributed by atoms with Crippen LogP contribution in [-0.2, 0) is 13.6 Å². The fourth-order valence-corrected chi connectivity index (χ4v) is 1.06. The van der Waals surface area contributed by atoms with Gasteiger partial charge in [0.15, 0.2) is 0 Å². The van der Waals surface area contributed by atoms with Crippen molar-refractivity contribution in [3.8, 4) is 6.19 Å². The highest BCUT2D eigenvalue weighted by molar-refractivity contribution is 5.46. The number of aromatic nitrogens is 2. The molecule has 1 aromatic heterocycles. The standard InChI is InChI=1S/C9H17N2.C2N3/c1-4-5-6-11-8-7-10(3)9(11)2;3-1-5-2-4/h7-8H,4-6H2,1-3H3;/q+1;-1/i2D3;. The summed E-state index contributed by atoms with van der Waals surface area (Å²) in [5.41, 5.74) is 0. The fourth-order valence-electron chi connectivity index (χ4n) is 1.06. The van der Waals surface area contributed by atoms with Gasteiger partial charge < -0.3 is 10.4 Å². The second-order valence-corrected chi connectivity index (χ2v) is 3.09. The minimum absolute atomic E-state index is 0.408. The van der Waals surface area contributed by atoms with Crippen LogP contribution in [0.3, 0.4) is 0 Å². The Morgan fingerprint density at radius 1 is 1.75 bits per heavy atom. The number of rotatable bonds is 3. The predicted octanol–water partition coefficient (Wildman–Crippen LogP) is 1.63. The van der Waals surface area contributed by atoms with Crippen molar-refractivity contribution in [2.24, 2.45) is 12.0 Å². The van der Waals surface area contributed by atoms with Crippen LogP contribution >= 0.6 is 0 Å². The topological polar surface area (TPSA) is 67.3 Å². The monoisotopic (exact) mass is 222 g/mol. The molecule has 0 aliphatic rings. The highest BCUT2D eigenvalue weighted by atomic mass is 15.1. The molecule has 0 spiro atoms. The maximum Gasteiger partial charge on any atom is 0.253 e. The van der Waals surface area contributed by atoms with Gasteiger partial charge in [0.2, 0.25) is 0 Å². The zero-order valence-corrected chi connectivity index (χ0v) is 9.51. The average molecular weight is 222 g/mol. The molecule has 0 radical (unpaired) electrons. The number of hydrogen-bond acceptors (Lipinski definition) is 2. The zero-order chi connectivity index (χ0) is 14.9. The lowest BCUT2D eigenvalue weighted by molar-refractivity contribution is -0.677. The zero-order valence-electron chi connectivity index (χ0n) is 12.5. The Kier molecular flexibility index (Phi) is 4.89. The smallest absolute Gasteiger partial charge is 0.253 e. The summed E-state index contributed by atoms with van der Waals surface area (Å²) < 4.78 is 25.7. The van der Waals surface area contributed by atoms with E-state index in [9.17, 15) is 0 Å². The van der Waals surface area contributed by atoms with E-state index in [1.54, 1.807) is 17.8 Å². The third kappa shape index (κ3) is 5.08. The minimum Gasteiger partial charge on any atom is -0.422 e. The van der Waals surface area contributed by atoms with Crippen molar-refractivity contribution in [1.29, 1.82) is 5.26 Å². The van der Waals surface area contributed by atoms with E-state index in [0.717, 1.165) is 19.4 Å². The summed E-state index contributed by atoms with van der Waals surface area (Å²) in [5, 5.41) is 14.9. The summed E-state index contributed by atoms with van der Waals surface area (Å²) in [4.78, 5) is 2.58. The third-order valence-corrected chi connectivity index (χ3v) is 1.93. The molecule has 0 fully saturated rings. The number of aliphatic imine (C=N–C) groups is 1. The van der Waals surface area contributed by atoms with Gasteiger partial charge in [0, 0.05) is 11.0 Å². The van der Waals surface area contributed by atoms with Gasteiger partial charge in [-0.05, 0) is 6.42 Å². The molecule has 1 rings (SSSR count). The number of nitriles is 1. The lowest BCUT2D eigenvalue weighted by Crippen LogP contribution is -2.29. The van der Waals surface area contributed by atoms with Gasteiger partial charge in [0.1, 0.15) is 12.4 Å². The maximum atomic E-state index is 7.43. The highest BCUT2D eigenvalue weighted by Crippen LogP contribution is 1.96. The summed E-state index contributed by atoms with van der Waals surface area (Å²) in [6.45, 7) is 0.857. The Morgan fingerprint density at radius 3 is 2.94 bits per heavy atom. The molecule has 5 heteroatoms. The van der Waals surface area contributed by atoms with Crippen molar-refractivity contribution in [3.05, 3.63) is 23.6 Å². The largest absolute Gasteiger partial charge is 0.422 e. The van der Waals surface area contributed by atoms with Gasteiger partial charge in [0.05, 0.1) is 19.8 Å². The molecule has 1 aromatic rings. The quantitative estimate of drug-likeness (QED) is 0.435. The normalized spacial score (nSPS) is 11.9. The first kappa shape index (κ1) is 9.32. The van der Waals surface area contributed by atoms with E-state index in [0.29, 0.717) is 5.82 Å². The van der Waals surface area contributed by atoms with Crippen molar-refractivity contribution >= 4 is 6.01 Å². The van der Waals surface area contributed by atoms with Crippen LogP contribution in [0.25, 0.3) is 5.41 Å². The van der Waals surface area contributed by atoms with Gasteiger partial charge in [-0.25, -0.2) is 9.13 Å². The molecular weight excluding hydrogens is 202 g/mol. The number of imidazole rings is 1. The van der Waals surface area contributed by atoms with E-state index >= 15 is 0 Å². The Balaban J connectivity index is 0.000000555. The Morgan fingerprint density at radius 2 is 2.50 bits per heavy atom. The van der Waals surface area contributed by atoms with Gasteiger partial charge in [-0.15, -0.1) is 6.01 Å². The minimum atomic E-state index is -2.02. The summed E-state index contributed by atoms with van der Waals surface area (Å²) >= 11 is 0. The first-order valence-electron chi connectivity index (χ1n) is 6.41. The molecule has 0 unspecified atom stereocenters. The van der Waals surface area contributed by atoms with Crippen molar-refractivity contribution < 1.29 is 8.68 Å². The summed E-state index contributed by atoms with van der Waals surface area (Å²) in [7, 11) is 1.77. The molecule has 1 heterocycles. The molecule has 0 aromatic carbocycles. The first-order chi connectivity index (χ1) is 8.88. The molecular formula is C11H17N5. The summed E-state index contributed by atoms with van der Waals surface area (Å²) in [5.74, 6) is 0.408. The molecule has 16 heavy (non-hydrogen) atoms. The van der Waals surface area contributed by atoms with Crippen LogP contribution in [0.15, 0.2) is 17.4 Å². The third-order valence-electron chi connectivity index (χ3n) is 1.93. The van der Waals surface area contributed by atoms with E-state index in [1.807, 2.05) is 10.8 Å². The maximum absolute atomic E-state index is 7.43. The van der Waals surface area contributed by atoms with Crippen LogP contribution in [0, 0.1) is 18.3 Å². The van der Waals surface area contributed by atoms with Crippen molar-refractivity contribution in [1.82, 2.24) is 4.57 Å². The molecule has 0 saturated heterocycles. The number of unbranched alkanes of at least 4 members (excludes halogenated alkanes) is 1. The van der Waals surface area contributed by atoms with E-state index < -0.39 is 6.85 Å². The van der Waals surface area contributed by atoms with E-state index in [2.05, 4.69) is 11.9 Å². The van der Waals surface area contributed by atoms with Crippen LogP contribution in [0.2, 0.25) is 0 Å². The number of aryl methyl sites for hydroxylation is 2. The molecule has 86 valence electrons. The highest BCUT2D eigenvalue weighted by Gasteiger charge is 2.06. The molecule has 0 bridgehead atoms. The van der Waals surface area contributed by atoms with Crippen LogP contribution in [0.4, 0.5) is 0 Å². The van der Waals surface area contributed by atoms with E-state index in [1.165, 1.54) is 12.2 Å². The SMILES string of the molecule is N#CN=C=[N-].[2H]C([2H])([2H])c1n(CCCC)cc[n+]1C. The second kappa shape index (κ2) is 8.39. The van der Waals surface area contributed by atoms with Gasteiger partial charge in [0.25, 0.3) is 5.82 Å². The number of nitrogens with zero attached hydrogens (tertiary/aromatic N) is 5. The van der Waals surface area contributed by atoms with Crippen LogP contribution in [-0.4, -0.2) is 10.6 Å². The molecule has 0 N–H and O–H groups in total. The average Bonchev–Trinajstić information content (AvgIpc) is 2.69. The van der Waals surface area contributed by atoms with E-state index in [-0.39, 0.29) is 0 Å². The van der Waals surface area contributed by atoms with Crippen LogP contribution in [0.5, 0.6) is 0 Å². The van der Waals surface area contributed by atoms with Crippen molar-refractivity contribution in [2.45, 2.75) is 33.2 Å². The Hall–Kier alpha value is -1.92. The molecule has 5 nitrogen and oxygen atoms in total. The molecule has 0 aliphatic carbocycles. The van der Waals surface area contributed by atoms with Gasteiger partial charge >= 0.3 is 0 Å². The van der Waals surface area contributed by atoms with Gasteiger partial charge in [-0.3, -0.25) is 0 Å². The number of hydrogen-bond donors (Lipinski definition) is 0. The summed E-state index contributed by atoms with van der Waals surface area (Å²) in [6, 6.07) is 1.28. The Bertz CT molecular complexity index is 478. The van der Waals surface area contributed by atoms with Gasteiger partial charge in [-0.2, -0.15) is 5.26 Å².